The topological polar surface area (TPSA) is 34.1 Å². The first-order valence-corrected chi connectivity index (χ1v) is 7.07. The molecule has 0 radical (unpaired) electrons. The van der Waals surface area contributed by atoms with Gasteiger partial charge in [0.2, 0.25) is 0 Å². The molecule has 2 rings (SSSR count). The van der Waals surface area contributed by atoms with Crippen LogP contribution in [0.3, 0.4) is 0 Å². The fraction of sp³-hybridized carbons (Fsp3) is 0.357. The minimum Gasteiger partial charge on any atom is -0.384 e. The average Bonchev–Trinajstić information content (AvgIpc) is 2.42. The fourth-order valence-corrected chi connectivity index (χ4v) is 2.38. The van der Waals surface area contributed by atoms with Gasteiger partial charge in [0.05, 0.1) is 22.2 Å². The molecule has 0 spiro atoms. The zero-order chi connectivity index (χ0) is 14.7. The third-order valence-corrected chi connectivity index (χ3v) is 3.42. The fourth-order valence-electron chi connectivity index (χ4n) is 1.98. The Bertz CT molecular complexity index is 634. The minimum atomic E-state index is -0.564. The highest BCUT2D eigenvalue weighted by Crippen LogP contribution is 2.32. The molecule has 0 saturated carbocycles. The lowest BCUT2D eigenvalue weighted by Crippen LogP contribution is -2.05. The van der Waals surface area contributed by atoms with E-state index in [9.17, 15) is 8.78 Å². The highest BCUT2D eigenvalue weighted by Gasteiger charge is 2.17. The summed E-state index contributed by atoms with van der Waals surface area (Å²) < 4.78 is 33.4. The number of nitrogens with zero attached hydrogens (tertiary/aromatic N) is 1. The van der Waals surface area contributed by atoms with Gasteiger partial charge in [-0.25, -0.2) is 13.8 Å². The van der Waals surface area contributed by atoms with Crippen LogP contribution in [-0.4, -0.2) is 18.6 Å². The molecule has 20 heavy (non-hydrogen) atoms. The molecular formula is C14H15BrF2N2O. The Balaban J connectivity index is 2.70. The summed E-state index contributed by atoms with van der Waals surface area (Å²) in [5.41, 5.74) is 1.10. The Morgan fingerprint density at radius 2 is 2.10 bits per heavy atom. The Morgan fingerprint density at radius 3 is 2.75 bits per heavy atom. The second-order valence-electron chi connectivity index (χ2n) is 4.40. The number of anilines is 1. The zero-order valence-corrected chi connectivity index (χ0v) is 12.9. The molecule has 0 bridgehead atoms. The quantitative estimate of drug-likeness (QED) is 0.823. The molecule has 0 saturated heterocycles. The van der Waals surface area contributed by atoms with Crippen LogP contribution in [0.2, 0.25) is 0 Å². The lowest BCUT2D eigenvalue weighted by atomic mass is 10.1. The smallest absolute Gasteiger partial charge is 0.150 e. The number of ether oxygens (including phenoxy) is 1. The van der Waals surface area contributed by atoms with Gasteiger partial charge in [-0.15, -0.1) is 0 Å². The van der Waals surface area contributed by atoms with Crippen molar-refractivity contribution in [2.75, 3.05) is 19.0 Å². The van der Waals surface area contributed by atoms with E-state index >= 15 is 0 Å². The van der Waals surface area contributed by atoms with E-state index < -0.39 is 11.6 Å². The summed E-state index contributed by atoms with van der Waals surface area (Å²) in [6.45, 7) is 2.91. The minimum absolute atomic E-state index is 0.0128. The van der Waals surface area contributed by atoms with Gasteiger partial charge in [0.1, 0.15) is 11.3 Å². The molecule has 108 valence electrons. The number of rotatable bonds is 5. The molecule has 0 aliphatic heterocycles. The van der Waals surface area contributed by atoms with Crippen LogP contribution in [0.1, 0.15) is 19.0 Å². The number of nitrogens with one attached hydrogen (secondary N) is 1. The van der Waals surface area contributed by atoms with Gasteiger partial charge in [0.25, 0.3) is 0 Å². The van der Waals surface area contributed by atoms with Crippen LogP contribution >= 0.6 is 15.9 Å². The van der Waals surface area contributed by atoms with E-state index in [-0.39, 0.29) is 22.0 Å². The van der Waals surface area contributed by atoms with Crippen LogP contribution < -0.4 is 5.32 Å². The molecule has 0 amide bonds. The summed E-state index contributed by atoms with van der Waals surface area (Å²) in [6.07, 6.45) is 0.877. The maximum absolute atomic E-state index is 14.3. The van der Waals surface area contributed by atoms with E-state index in [0.29, 0.717) is 17.9 Å². The number of aromatic nitrogens is 1. The maximum atomic E-state index is 14.3. The normalized spacial score (nSPS) is 11.1. The molecular weight excluding hydrogens is 330 g/mol. The van der Waals surface area contributed by atoms with Crippen molar-refractivity contribution >= 4 is 32.5 Å². The van der Waals surface area contributed by atoms with Crippen molar-refractivity contribution < 1.29 is 13.5 Å². The Labute approximate surface area is 124 Å². The van der Waals surface area contributed by atoms with E-state index in [0.717, 1.165) is 12.5 Å². The molecule has 1 aromatic heterocycles. The highest BCUT2D eigenvalue weighted by molar-refractivity contribution is 9.10. The number of benzene rings is 1. The first kappa shape index (κ1) is 15.1. The lowest BCUT2D eigenvalue weighted by molar-refractivity contribution is 0.182. The molecule has 1 aromatic carbocycles. The molecule has 0 atom stereocenters. The molecule has 0 aliphatic rings. The zero-order valence-electron chi connectivity index (χ0n) is 11.3. The highest BCUT2D eigenvalue weighted by atomic mass is 79.9. The number of fused-ring (bicyclic) bond motifs is 1. The lowest BCUT2D eigenvalue weighted by Gasteiger charge is -2.13. The number of hydrogen-bond donors (Lipinski definition) is 1. The summed E-state index contributed by atoms with van der Waals surface area (Å²) >= 11 is 3.02. The molecule has 0 unspecified atom stereocenters. The van der Waals surface area contributed by atoms with Gasteiger partial charge >= 0.3 is 0 Å². The Kier molecular flexibility index (Phi) is 4.88. The molecule has 1 N–H and O–H groups in total. The van der Waals surface area contributed by atoms with E-state index in [1.54, 1.807) is 6.07 Å². The number of hydrogen-bond acceptors (Lipinski definition) is 3. The summed E-state index contributed by atoms with van der Waals surface area (Å²) in [4.78, 5) is 4.13. The maximum Gasteiger partial charge on any atom is 0.150 e. The molecule has 3 nitrogen and oxygen atoms in total. The standard InChI is InChI=1S/C14H15BrF2N2O/c1-3-4-18-11-5-8(7-20-2)19-14-10(16)6-9(15)13(17)12(11)14/h5-6H,3-4,7H2,1-2H3,(H,18,19). The van der Waals surface area contributed by atoms with E-state index in [1.165, 1.54) is 7.11 Å². The number of halogens is 3. The molecule has 1 heterocycles. The largest absolute Gasteiger partial charge is 0.384 e. The first-order chi connectivity index (χ1) is 9.58. The second kappa shape index (κ2) is 6.45. The van der Waals surface area contributed by atoms with Gasteiger partial charge < -0.3 is 10.1 Å². The summed E-state index contributed by atoms with van der Waals surface area (Å²) in [5, 5.41) is 3.27. The van der Waals surface area contributed by atoms with Crippen LogP contribution in [0.5, 0.6) is 0 Å². The third-order valence-electron chi connectivity index (χ3n) is 2.84. The molecule has 2 aromatic rings. The van der Waals surface area contributed by atoms with Gasteiger partial charge in [0.15, 0.2) is 5.82 Å². The van der Waals surface area contributed by atoms with E-state index in [2.05, 4.69) is 26.2 Å². The number of methoxy groups -OCH3 is 1. The predicted octanol–water partition coefficient (Wildman–Crippen LogP) is 4.24. The SMILES string of the molecule is CCCNc1cc(COC)nc2c(F)cc(Br)c(F)c12. The van der Waals surface area contributed by atoms with Crippen molar-refractivity contribution in [2.24, 2.45) is 0 Å². The van der Waals surface area contributed by atoms with Crippen LogP contribution in [0, 0.1) is 11.6 Å². The average molecular weight is 345 g/mol. The van der Waals surface area contributed by atoms with Gasteiger partial charge in [0, 0.05) is 19.3 Å². The number of pyridine rings is 1. The predicted molar refractivity (Wildman–Crippen MR) is 78.9 cm³/mol. The van der Waals surface area contributed by atoms with Crippen LogP contribution in [0.15, 0.2) is 16.6 Å². The first-order valence-electron chi connectivity index (χ1n) is 6.28. The summed E-state index contributed by atoms with van der Waals surface area (Å²) in [5.74, 6) is -1.08. The Hall–Kier alpha value is -1.27. The van der Waals surface area contributed by atoms with Crippen molar-refractivity contribution in [1.29, 1.82) is 0 Å². The van der Waals surface area contributed by atoms with Crippen molar-refractivity contribution in [2.45, 2.75) is 20.0 Å². The Morgan fingerprint density at radius 1 is 1.35 bits per heavy atom. The van der Waals surface area contributed by atoms with Crippen LogP contribution in [0.4, 0.5) is 14.5 Å². The van der Waals surface area contributed by atoms with Crippen molar-refractivity contribution in [3.8, 4) is 0 Å². The van der Waals surface area contributed by atoms with Crippen molar-refractivity contribution in [3.05, 3.63) is 33.9 Å². The molecule has 6 heteroatoms. The van der Waals surface area contributed by atoms with Crippen LogP contribution in [0.25, 0.3) is 10.9 Å². The molecule has 0 aliphatic carbocycles. The second-order valence-corrected chi connectivity index (χ2v) is 5.25. The van der Waals surface area contributed by atoms with Gasteiger partial charge in [-0.3, -0.25) is 0 Å². The van der Waals surface area contributed by atoms with Crippen molar-refractivity contribution in [3.63, 3.8) is 0 Å². The van der Waals surface area contributed by atoms with E-state index in [1.807, 2.05) is 6.92 Å². The van der Waals surface area contributed by atoms with Crippen molar-refractivity contribution in [1.82, 2.24) is 4.98 Å². The van der Waals surface area contributed by atoms with Gasteiger partial charge in [-0.1, -0.05) is 6.92 Å². The van der Waals surface area contributed by atoms with Gasteiger partial charge in [-0.2, -0.15) is 0 Å². The third kappa shape index (κ3) is 2.91. The molecule has 0 fully saturated rings. The summed E-state index contributed by atoms with van der Waals surface area (Å²) in [7, 11) is 1.53. The van der Waals surface area contributed by atoms with Crippen LogP contribution in [-0.2, 0) is 11.3 Å². The monoisotopic (exact) mass is 344 g/mol. The van der Waals surface area contributed by atoms with Gasteiger partial charge in [-0.05, 0) is 34.5 Å². The summed E-state index contributed by atoms with van der Waals surface area (Å²) in [6, 6.07) is 2.78. The van der Waals surface area contributed by atoms with E-state index in [4.69, 9.17) is 4.74 Å².